The van der Waals surface area contributed by atoms with Gasteiger partial charge in [0.25, 0.3) is 0 Å². The first kappa shape index (κ1) is 16.9. The summed E-state index contributed by atoms with van der Waals surface area (Å²) < 4.78 is 11.3. The summed E-state index contributed by atoms with van der Waals surface area (Å²) in [6, 6.07) is 15.0. The number of rotatable bonds is 8. The third kappa shape index (κ3) is 5.66. The largest absolute Gasteiger partial charge is 0.493 e. The molecule has 0 aromatic heterocycles. The monoisotopic (exact) mass is 314 g/mol. The van der Waals surface area contributed by atoms with E-state index in [1.807, 2.05) is 32.0 Å². The van der Waals surface area contributed by atoms with E-state index >= 15 is 0 Å². The minimum Gasteiger partial charge on any atom is -0.493 e. The van der Waals surface area contributed by atoms with Crippen LogP contribution < -0.4 is 9.47 Å². The predicted molar refractivity (Wildman–Crippen MR) is 89.4 cm³/mol. The highest BCUT2D eigenvalue weighted by molar-refractivity contribution is 5.88. The van der Waals surface area contributed by atoms with E-state index in [1.54, 1.807) is 6.07 Å². The third-order valence-electron chi connectivity index (χ3n) is 3.22. The maximum atomic E-state index is 11.2. The minimum atomic E-state index is -0.992. The van der Waals surface area contributed by atoms with Crippen molar-refractivity contribution in [2.75, 3.05) is 6.61 Å². The molecular formula is C19H22O4. The normalized spacial score (nSPS) is 10.6. The van der Waals surface area contributed by atoms with Gasteiger partial charge in [0.1, 0.15) is 11.5 Å². The van der Waals surface area contributed by atoms with E-state index in [2.05, 4.69) is 12.1 Å². The molecule has 0 aliphatic rings. The SMILES string of the molecule is CC(C)Oc1cc(OCCCc2ccccc2)cc(C(=O)O)c1. The van der Waals surface area contributed by atoms with Crippen molar-refractivity contribution in [1.82, 2.24) is 0 Å². The molecule has 0 atom stereocenters. The molecule has 0 spiro atoms. The molecular weight excluding hydrogens is 292 g/mol. The quantitative estimate of drug-likeness (QED) is 0.743. The van der Waals surface area contributed by atoms with Crippen LogP contribution in [0, 0.1) is 0 Å². The first-order valence-electron chi connectivity index (χ1n) is 7.76. The van der Waals surface area contributed by atoms with Crippen molar-refractivity contribution in [2.24, 2.45) is 0 Å². The van der Waals surface area contributed by atoms with Gasteiger partial charge in [-0.3, -0.25) is 0 Å². The summed E-state index contributed by atoms with van der Waals surface area (Å²) >= 11 is 0. The van der Waals surface area contributed by atoms with Gasteiger partial charge in [-0.05, 0) is 44.4 Å². The van der Waals surface area contributed by atoms with Gasteiger partial charge in [-0.1, -0.05) is 30.3 Å². The van der Waals surface area contributed by atoms with Crippen LogP contribution in [0.4, 0.5) is 0 Å². The lowest BCUT2D eigenvalue weighted by molar-refractivity contribution is 0.0695. The Balaban J connectivity index is 1.95. The van der Waals surface area contributed by atoms with Crippen LogP contribution in [-0.2, 0) is 6.42 Å². The van der Waals surface area contributed by atoms with Crippen molar-refractivity contribution in [3.8, 4) is 11.5 Å². The zero-order valence-electron chi connectivity index (χ0n) is 13.5. The van der Waals surface area contributed by atoms with Crippen LogP contribution in [0.5, 0.6) is 11.5 Å². The molecule has 0 aliphatic heterocycles. The highest BCUT2D eigenvalue weighted by atomic mass is 16.5. The Hall–Kier alpha value is -2.49. The lowest BCUT2D eigenvalue weighted by Gasteiger charge is -2.13. The Labute approximate surface area is 136 Å². The molecule has 0 saturated heterocycles. The maximum absolute atomic E-state index is 11.2. The molecule has 122 valence electrons. The predicted octanol–water partition coefficient (Wildman–Crippen LogP) is 4.18. The summed E-state index contributed by atoms with van der Waals surface area (Å²) in [4.78, 5) is 11.2. The van der Waals surface area contributed by atoms with Crippen LogP contribution in [0.3, 0.4) is 0 Å². The second-order valence-electron chi connectivity index (χ2n) is 5.60. The summed E-state index contributed by atoms with van der Waals surface area (Å²) in [5.74, 6) is 0.0416. The van der Waals surface area contributed by atoms with Gasteiger partial charge < -0.3 is 14.6 Å². The number of aromatic carboxylic acids is 1. The molecule has 0 heterocycles. The number of carbonyl (C=O) groups is 1. The standard InChI is InChI=1S/C19H22O4/c1-14(2)23-18-12-16(19(20)21)11-17(13-18)22-10-6-9-15-7-4-3-5-8-15/h3-5,7-8,11-14H,6,9-10H2,1-2H3,(H,20,21). The highest BCUT2D eigenvalue weighted by Crippen LogP contribution is 2.24. The second-order valence-corrected chi connectivity index (χ2v) is 5.60. The molecule has 0 unspecified atom stereocenters. The molecule has 1 N–H and O–H groups in total. The molecule has 4 heteroatoms. The number of carboxylic acid groups (broad SMARTS) is 1. The fourth-order valence-electron chi connectivity index (χ4n) is 2.23. The molecule has 2 rings (SSSR count). The van der Waals surface area contributed by atoms with Gasteiger partial charge in [0.15, 0.2) is 0 Å². The van der Waals surface area contributed by atoms with Gasteiger partial charge in [0, 0.05) is 6.07 Å². The van der Waals surface area contributed by atoms with E-state index in [0.717, 1.165) is 12.8 Å². The molecule has 2 aromatic rings. The number of aryl methyl sites for hydroxylation is 1. The number of hydrogen-bond donors (Lipinski definition) is 1. The fourth-order valence-corrected chi connectivity index (χ4v) is 2.23. The zero-order chi connectivity index (χ0) is 16.7. The first-order chi connectivity index (χ1) is 11.0. The van der Waals surface area contributed by atoms with Gasteiger partial charge in [0.05, 0.1) is 18.3 Å². The van der Waals surface area contributed by atoms with Crippen molar-refractivity contribution in [3.63, 3.8) is 0 Å². The first-order valence-corrected chi connectivity index (χ1v) is 7.76. The van der Waals surface area contributed by atoms with Crippen LogP contribution in [0.15, 0.2) is 48.5 Å². The summed E-state index contributed by atoms with van der Waals surface area (Å²) in [5.41, 5.74) is 1.43. The van der Waals surface area contributed by atoms with Crippen molar-refractivity contribution in [1.29, 1.82) is 0 Å². The van der Waals surface area contributed by atoms with E-state index in [9.17, 15) is 9.90 Å². The van der Waals surface area contributed by atoms with Crippen LogP contribution >= 0.6 is 0 Å². The van der Waals surface area contributed by atoms with Gasteiger partial charge in [-0.25, -0.2) is 4.79 Å². The summed E-state index contributed by atoms with van der Waals surface area (Å²) in [5, 5.41) is 9.18. The molecule has 0 radical (unpaired) electrons. The van der Waals surface area contributed by atoms with Gasteiger partial charge >= 0.3 is 5.97 Å². The van der Waals surface area contributed by atoms with Crippen LogP contribution in [-0.4, -0.2) is 23.8 Å². The van der Waals surface area contributed by atoms with E-state index < -0.39 is 5.97 Å². The average molecular weight is 314 g/mol. The van der Waals surface area contributed by atoms with Crippen molar-refractivity contribution in [2.45, 2.75) is 32.8 Å². The second kappa shape index (κ2) is 8.22. The van der Waals surface area contributed by atoms with E-state index in [1.165, 1.54) is 17.7 Å². The minimum absolute atomic E-state index is 0.0232. The van der Waals surface area contributed by atoms with Crippen molar-refractivity contribution >= 4 is 5.97 Å². The van der Waals surface area contributed by atoms with Gasteiger partial charge in [0.2, 0.25) is 0 Å². The molecule has 2 aromatic carbocycles. The third-order valence-corrected chi connectivity index (χ3v) is 3.22. The molecule has 0 saturated carbocycles. The summed E-state index contributed by atoms with van der Waals surface area (Å²) in [6.45, 7) is 4.32. The maximum Gasteiger partial charge on any atom is 0.335 e. The zero-order valence-corrected chi connectivity index (χ0v) is 13.5. The Bertz CT molecular complexity index is 635. The van der Waals surface area contributed by atoms with Crippen LogP contribution in [0.2, 0.25) is 0 Å². The van der Waals surface area contributed by atoms with E-state index in [-0.39, 0.29) is 11.7 Å². The molecule has 0 aliphatic carbocycles. The Kier molecular flexibility index (Phi) is 6.03. The molecule has 0 fully saturated rings. The molecule has 0 amide bonds. The number of hydrogen-bond acceptors (Lipinski definition) is 3. The number of benzene rings is 2. The molecule has 23 heavy (non-hydrogen) atoms. The van der Waals surface area contributed by atoms with E-state index in [4.69, 9.17) is 9.47 Å². The Morgan fingerprint density at radius 2 is 1.78 bits per heavy atom. The van der Waals surface area contributed by atoms with E-state index in [0.29, 0.717) is 18.1 Å². The van der Waals surface area contributed by atoms with Crippen molar-refractivity contribution in [3.05, 3.63) is 59.7 Å². The number of carboxylic acids is 1. The highest BCUT2D eigenvalue weighted by Gasteiger charge is 2.10. The summed E-state index contributed by atoms with van der Waals surface area (Å²) in [7, 11) is 0. The topological polar surface area (TPSA) is 55.8 Å². The summed E-state index contributed by atoms with van der Waals surface area (Å²) in [6.07, 6.45) is 1.77. The van der Waals surface area contributed by atoms with Crippen LogP contribution in [0.1, 0.15) is 36.2 Å². The van der Waals surface area contributed by atoms with Crippen molar-refractivity contribution < 1.29 is 19.4 Å². The molecule has 4 nitrogen and oxygen atoms in total. The fraction of sp³-hybridized carbons (Fsp3) is 0.316. The number of ether oxygens (including phenoxy) is 2. The van der Waals surface area contributed by atoms with Crippen LogP contribution in [0.25, 0.3) is 0 Å². The lowest BCUT2D eigenvalue weighted by Crippen LogP contribution is -2.08. The van der Waals surface area contributed by atoms with Gasteiger partial charge in [-0.2, -0.15) is 0 Å². The lowest BCUT2D eigenvalue weighted by atomic mass is 10.1. The smallest absolute Gasteiger partial charge is 0.335 e. The Morgan fingerprint density at radius 1 is 1.09 bits per heavy atom. The Morgan fingerprint density at radius 3 is 2.43 bits per heavy atom. The molecule has 0 bridgehead atoms. The van der Waals surface area contributed by atoms with Gasteiger partial charge in [-0.15, -0.1) is 0 Å². The average Bonchev–Trinajstić information content (AvgIpc) is 2.52.